The molecule has 0 aromatic carbocycles. The molecular formula is C15H12FN3O2S. The van der Waals surface area contributed by atoms with Gasteiger partial charge in [0.25, 0.3) is 0 Å². The van der Waals surface area contributed by atoms with Crippen LogP contribution >= 0.6 is 11.3 Å². The molecule has 0 fully saturated rings. The van der Waals surface area contributed by atoms with Crippen molar-refractivity contribution in [1.82, 2.24) is 9.97 Å². The summed E-state index contributed by atoms with van der Waals surface area (Å²) >= 11 is 1.43. The van der Waals surface area contributed by atoms with E-state index in [9.17, 15) is 9.18 Å². The first-order valence-electron chi connectivity index (χ1n) is 6.53. The standard InChI is InChI=1S/C15H12FN3O2S/c1-8(9-4-10(16)7-17-6-9)19-13-5-11-12(22-13)2-3-18-14(11)15(20)21/h2-8,19H,1H3,(H,20,21)/t8-/m0/s1. The van der Waals surface area contributed by atoms with Gasteiger partial charge in [-0.3, -0.25) is 4.98 Å². The Bertz CT molecular complexity index is 850. The van der Waals surface area contributed by atoms with Gasteiger partial charge < -0.3 is 10.4 Å². The van der Waals surface area contributed by atoms with Gasteiger partial charge >= 0.3 is 5.97 Å². The summed E-state index contributed by atoms with van der Waals surface area (Å²) in [5.74, 6) is -1.45. The summed E-state index contributed by atoms with van der Waals surface area (Å²) in [6.07, 6.45) is 4.23. The lowest BCUT2D eigenvalue weighted by Crippen LogP contribution is -2.06. The highest BCUT2D eigenvalue weighted by atomic mass is 32.1. The van der Waals surface area contributed by atoms with Gasteiger partial charge in [-0.1, -0.05) is 0 Å². The number of anilines is 1. The summed E-state index contributed by atoms with van der Waals surface area (Å²) < 4.78 is 14.0. The van der Waals surface area contributed by atoms with Crippen LogP contribution in [-0.4, -0.2) is 21.0 Å². The second kappa shape index (κ2) is 5.69. The van der Waals surface area contributed by atoms with Gasteiger partial charge in [0, 0.05) is 22.5 Å². The minimum absolute atomic E-state index is 0.0295. The van der Waals surface area contributed by atoms with Crippen LogP contribution < -0.4 is 5.32 Å². The molecule has 5 nitrogen and oxygen atoms in total. The Morgan fingerprint density at radius 3 is 2.95 bits per heavy atom. The summed E-state index contributed by atoms with van der Waals surface area (Å²) in [5.41, 5.74) is 0.746. The van der Waals surface area contributed by atoms with Crippen LogP contribution in [0.2, 0.25) is 0 Å². The molecule has 3 heterocycles. The molecule has 0 bridgehead atoms. The number of thiophene rings is 1. The molecule has 22 heavy (non-hydrogen) atoms. The number of pyridine rings is 2. The van der Waals surface area contributed by atoms with Crippen molar-refractivity contribution in [3.63, 3.8) is 0 Å². The number of nitrogens with zero attached hydrogens (tertiary/aromatic N) is 2. The third kappa shape index (κ3) is 2.75. The van der Waals surface area contributed by atoms with Gasteiger partial charge in [-0.15, -0.1) is 11.3 Å². The lowest BCUT2D eigenvalue weighted by molar-refractivity contribution is 0.0693. The maximum absolute atomic E-state index is 13.2. The first-order chi connectivity index (χ1) is 10.5. The minimum Gasteiger partial charge on any atom is -0.476 e. The van der Waals surface area contributed by atoms with Gasteiger partial charge in [-0.05, 0) is 30.7 Å². The molecule has 0 aliphatic rings. The Morgan fingerprint density at radius 2 is 2.23 bits per heavy atom. The minimum atomic E-state index is -1.06. The summed E-state index contributed by atoms with van der Waals surface area (Å²) in [6.45, 7) is 1.89. The second-order valence-electron chi connectivity index (χ2n) is 4.79. The number of aromatic carboxylic acids is 1. The fourth-order valence-corrected chi connectivity index (χ4v) is 3.21. The van der Waals surface area contributed by atoms with Gasteiger partial charge in [-0.2, -0.15) is 0 Å². The molecule has 2 N–H and O–H groups in total. The van der Waals surface area contributed by atoms with Crippen molar-refractivity contribution < 1.29 is 14.3 Å². The second-order valence-corrected chi connectivity index (χ2v) is 5.87. The fraction of sp³-hybridized carbons (Fsp3) is 0.133. The van der Waals surface area contributed by atoms with Crippen molar-refractivity contribution in [3.05, 3.63) is 53.9 Å². The van der Waals surface area contributed by atoms with E-state index < -0.39 is 5.97 Å². The van der Waals surface area contributed by atoms with Crippen LogP contribution in [0.25, 0.3) is 10.1 Å². The molecule has 0 saturated carbocycles. The van der Waals surface area contributed by atoms with E-state index in [1.165, 1.54) is 23.6 Å². The zero-order valence-electron chi connectivity index (χ0n) is 11.6. The first kappa shape index (κ1) is 14.4. The number of fused-ring (bicyclic) bond motifs is 1. The van der Waals surface area contributed by atoms with E-state index in [0.29, 0.717) is 10.9 Å². The molecule has 0 amide bonds. The quantitative estimate of drug-likeness (QED) is 0.767. The fourth-order valence-electron chi connectivity index (χ4n) is 2.17. The normalized spacial score (nSPS) is 12.3. The Labute approximate surface area is 129 Å². The maximum Gasteiger partial charge on any atom is 0.355 e. The Morgan fingerprint density at radius 1 is 1.41 bits per heavy atom. The number of carboxylic acids is 1. The van der Waals surface area contributed by atoms with Crippen molar-refractivity contribution in [2.24, 2.45) is 0 Å². The predicted molar refractivity (Wildman–Crippen MR) is 82.8 cm³/mol. The van der Waals surface area contributed by atoms with Gasteiger partial charge in [-0.25, -0.2) is 14.2 Å². The zero-order chi connectivity index (χ0) is 15.7. The highest BCUT2D eigenvalue weighted by molar-refractivity contribution is 7.22. The van der Waals surface area contributed by atoms with E-state index in [0.717, 1.165) is 15.9 Å². The van der Waals surface area contributed by atoms with Gasteiger partial charge in [0.1, 0.15) is 5.82 Å². The Hall–Kier alpha value is -2.54. The molecule has 0 radical (unpaired) electrons. The average Bonchev–Trinajstić information content (AvgIpc) is 2.89. The van der Waals surface area contributed by atoms with Crippen LogP contribution in [0.15, 0.2) is 36.8 Å². The summed E-state index contributed by atoms with van der Waals surface area (Å²) in [6, 6.07) is 4.78. The monoisotopic (exact) mass is 317 g/mol. The number of hydrogen-bond donors (Lipinski definition) is 2. The number of carbonyl (C=O) groups is 1. The molecule has 0 saturated heterocycles. The highest BCUT2D eigenvalue weighted by Crippen LogP contribution is 2.33. The molecule has 3 aromatic rings. The summed E-state index contributed by atoms with van der Waals surface area (Å²) in [7, 11) is 0. The van der Waals surface area contributed by atoms with Crippen molar-refractivity contribution >= 4 is 32.4 Å². The number of nitrogens with one attached hydrogen (secondary N) is 1. The van der Waals surface area contributed by atoms with Gasteiger partial charge in [0.15, 0.2) is 5.69 Å². The number of carboxylic acid groups (broad SMARTS) is 1. The molecule has 0 spiro atoms. The molecule has 7 heteroatoms. The SMILES string of the molecule is C[C@H](Nc1cc2c(C(=O)O)nccc2s1)c1cncc(F)c1. The summed E-state index contributed by atoms with van der Waals surface area (Å²) in [4.78, 5) is 18.9. The molecule has 0 aliphatic carbocycles. The topological polar surface area (TPSA) is 75.1 Å². The Kier molecular flexibility index (Phi) is 3.72. The summed E-state index contributed by atoms with van der Waals surface area (Å²) in [5, 5.41) is 13.8. The largest absolute Gasteiger partial charge is 0.476 e. The highest BCUT2D eigenvalue weighted by Gasteiger charge is 2.14. The first-order valence-corrected chi connectivity index (χ1v) is 7.35. The van der Waals surface area contributed by atoms with Crippen molar-refractivity contribution in [2.75, 3.05) is 5.32 Å². The van der Waals surface area contributed by atoms with Crippen LogP contribution in [0.5, 0.6) is 0 Å². The average molecular weight is 317 g/mol. The van der Waals surface area contributed by atoms with E-state index >= 15 is 0 Å². The molecule has 0 unspecified atom stereocenters. The number of halogens is 1. The van der Waals surface area contributed by atoms with Crippen LogP contribution in [0.4, 0.5) is 9.39 Å². The maximum atomic E-state index is 13.2. The number of hydrogen-bond acceptors (Lipinski definition) is 5. The van der Waals surface area contributed by atoms with E-state index in [4.69, 9.17) is 5.11 Å². The number of aromatic nitrogens is 2. The van der Waals surface area contributed by atoms with Crippen molar-refractivity contribution in [1.29, 1.82) is 0 Å². The molecule has 1 atom stereocenters. The molecule has 0 aliphatic heterocycles. The Balaban J connectivity index is 1.91. The molecule has 112 valence electrons. The van der Waals surface area contributed by atoms with E-state index in [2.05, 4.69) is 15.3 Å². The molecular weight excluding hydrogens is 305 g/mol. The predicted octanol–water partition coefficient (Wildman–Crippen LogP) is 3.70. The van der Waals surface area contributed by atoms with E-state index in [1.807, 2.05) is 6.92 Å². The third-order valence-electron chi connectivity index (χ3n) is 3.23. The lowest BCUT2D eigenvalue weighted by Gasteiger charge is -2.13. The van der Waals surface area contributed by atoms with E-state index in [1.54, 1.807) is 18.3 Å². The number of rotatable bonds is 4. The van der Waals surface area contributed by atoms with Gasteiger partial charge in [0.05, 0.1) is 17.2 Å². The molecule has 3 aromatic heterocycles. The molecule has 3 rings (SSSR count). The van der Waals surface area contributed by atoms with E-state index in [-0.39, 0.29) is 17.6 Å². The smallest absolute Gasteiger partial charge is 0.355 e. The van der Waals surface area contributed by atoms with Crippen molar-refractivity contribution in [3.8, 4) is 0 Å². The third-order valence-corrected chi connectivity index (χ3v) is 4.26. The van der Waals surface area contributed by atoms with Crippen LogP contribution in [0, 0.1) is 5.82 Å². The van der Waals surface area contributed by atoms with Crippen molar-refractivity contribution in [2.45, 2.75) is 13.0 Å². The van der Waals surface area contributed by atoms with Crippen LogP contribution in [-0.2, 0) is 0 Å². The van der Waals surface area contributed by atoms with Crippen LogP contribution in [0.1, 0.15) is 29.0 Å². The van der Waals surface area contributed by atoms with Crippen LogP contribution in [0.3, 0.4) is 0 Å². The zero-order valence-corrected chi connectivity index (χ0v) is 12.4. The lowest BCUT2D eigenvalue weighted by atomic mass is 10.1. The van der Waals surface area contributed by atoms with Gasteiger partial charge in [0.2, 0.25) is 0 Å².